The fraction of sp³-hybridized carbons (Fsp3) is 0.500. The van der Waals surface area contributed by atoms with Crippen LogP contribution >= 0.6 is 11.6 Å². The third-order valence-electron chi connectivity index (χ3n) is 3.81. The summed E-state index contributed by atoms with van der Waals surface area (Å²) in [6.45, 7) is 3.89. The maximum atomic E-state index is 12.5. The van der Waals surface area contributed by atoms with Crippen LogP contribution in [0.2, 0.25) is 5.02 Å². The molecular formula is C16H21ClN2O2. The first-order valence-corrected chi connectivity index (χ1v) is 7.82. The van der Waals surface area contributed by atoms with Crippen molar-refractivity contribution in [2.45, 2.75) is 26.2 Å². The molecule has 2 amide bonds. The van der Waals surface area contributed by atoms with Crippen LogP contribution < -0.4 is 5.32 Å². The number of amides is 2. The van der Waals surface area contributed by atoms with Crippen molar-refractivity contribution in [3.05, 3.63) is 34.9 Å². The molecule has 1 fully saturated rings. The zero-order valence-electron chi connectivity index (χ0n) is 12.3. The summed E-state index contributed by atoms with van der Waals surface area (Å²) in [6.07, 6.45) is 2.41. The number of hydrogen-bond donors (Lipinski definition) is 1. The van der Waals surface area contributed by atoms with Crippen LogP contribution in [0.25, 0.3) is 0 Å². The Labute approximate surface area is 130 Å². The number of likely N-dealkylation sites (tertiary alicyclic amines) is 1. The Hall–Kier alpha value is -1.55. The van der Waals surface area contributed by atoms with Gasteiger partial charge in [0.15, 0.2) is 0 Å². The van der Waals surface area contributed by atoms with Gasteiger partial charge in [-0.3, -0.25) is 9.59 Å². The maximum absolute atomic E-state index is 12.5. The molecule has 0 aromatic heterocycles. The molecule has 1 saturated heterocycles. The largest absolute Gasteiger partial charge is 0.356 e. The molecule has 1 aliphatic heterocycles. The van der Waals surface area contributed by atoms with Gasteiger partial charge in [0.2, 0.25) is 5.91 Å². The van der Waals surface area contributed by atoms with E-state index in [0.29, 0.717) is 30.2 Å². The van der Waals surface area contributed by atoms with E-state index in [4.69, 9.17) is 11.6 Å². The second kappa shape index (κ2) is 7.46. The Bertz CT molecular complexity index is 519. The summed E-state index contributed by atoms with van der Waals surface area (Å²) in [7, 11) is 0. The topological polar surface area (TPSA) is 49.4 Å². The van der Waals surface area contributed by atoms with E-state index < -0.39 is 0 Å². The monoisotopic (exact) mass is 308 g/mol. The average Bonchev–Trinajstić information content (AvgIpc) is 2.72. The zero-order valence-corrected chi connectivity index (χ0v) is 13.0. The van der Waals surface area contributed by atoms with Crippen LogP contribution in [-0.2, 0) is 4.79 Å². The minimum Gasteiger partial charge on any atom is -0.356 e. The molecule has 0 bridgehead atoms. The van der Waals surface area contributed by atoms with Gasteiger partial charge in [0.25, 0.3) is 5.91 Å². The highest BCUT2D eigenvalue weighted by molar-refractivity contribution is 6.30. The molecule has 1 atom stereocenters. The van der Waals surface area contributed by atoms with Gasteiger partial charge in [0.1, 0.15) is 0 Å². The molecule has 1 N–H and O–H groups in total. The SMILES string of the molecule is CCNC(=O)C1CCCN(C(=O)c2cccc(Cl)c2)CC1. The standard InChI is InChI=1S/C16H21ClN2O2/c1-2-18-15(20)12-6-4-9-19(10-8-12)16(21)13-5-3-7-14(17)11-13/h3,5,7,11-12H,2,4,6,8-10H2,1H3,(H,18,20). The number of benzene rings is 1. The van der Waals surface area contributed by atoms with Crippen molar-refractivity contribution < 1.29 is 9.59 Å². The van der Waals surface area contributed by atoms with Crippen LogP contribution in [0.4, 0.5) is 0 Å². The van der Waals surface area contributed by atoms with Gasteiger partial charge in [-0.1, -0.05) is 17.7 Å². The van der Waals surface area contributed by atoms with Gasteiger partial charge < -0.3 is 10.2 Å². The van der Waals surface area contributed by atoms with Crippen molar-refractivity contribution in [2.24, 2.45) is 5.92 Å². The molecule has 114 valence electrons. The highest BCUT2D eigenvalue weighted by atomic mass is 35.5. The van der Waals surface area contributed by atoms with Crippen molar-refractivity contribution >= 4 is 23.4 Å². The highest BCUT2D eigenvalue weighted by Gasteiger charge is 2.25. The van der Waals surface area contributed by atoms with Crippen LogP contribution in [0.15, 0.2) is 24.3 Å². The van der Waals surface area contributed by atoms with E-state index in [9.17, 15) is 9.59 Å². The molecule has 1 unspecified atom stereocenters. The minimum atomic E-state index is -0.00551. The lowest BCUT2D eigenvalue weighted by atomic mass is 10.00. The van der Waals surface area contributed by atoms with Crippen molar-refractivity contribution in [3.8, 4) is 0 Å². The van der Waals surface area contributed by atoms with Crippen molar-refractivity contribution in [3.63, 3.8) is 0 Å². The molecule has 21 heavy (non-hydrogen) atoms. The number of nitrogens with zero attached hydrogens (tertiary/aromatic N) is 1. The third kappa shape index (κ3) is 4.21. The van der Waals surface area contributed by atoms with Crippen LogP contribution in [0, 0.1) is 5.92 Å². The first-order chi connectivity index (χ1) is 10.1. The Morgan fingerprint density at radius 2 is 2.14 bits per heavy atom. The van der Waals surface area contributed by atoms with Crippen molar-refractivity contribution in [1.82, 2.24) is 10.2 Å². The fourth-order valence-electron chi connectivity index (χ4n) is 2.68. The Morgan fingerprint density at radius 3 is 2.86 bits per heavy atom. The third-order valence-corrected chi connectivity index (χ3v) is 4.04. The van der Waals surface area contributed by atoms with Gasteiger partial charge in [0.05, 0.1) is 0 Å². The van der Waals surface area contributed by atoms with E-state index in [2.05, 4.69) is 5.32 Å². The molecule has 1 aromatic carbocycles. The Morgan fingerprint density at radius 1 is 1.33 bits per heavy atom. The molecule has 0 saturated carbocycles. The molecule has 4 nitrogen and oxygen atoms in total. The first kappa shape index (κ1) is 15.8. The summed E-state index contributed by atoms with van der Waals surface area (Å²) in [5.74, 6) is 0.116. The zero-order chi connectivity index (χ0) is 15.2. The number of rotatable bonds is 3. The fourth-order valence-corrected chi connectivity index (χ4v) is 2.87. The van der Waals surface area contributed by atoms with Crippen LogP contribution in [0.3, 0.4) is 0 Å². The molecule has 0 radical (unpaired) electrons. The van der Waals surface area contributed by atoms with Gasteiger partial charge in [-0.25, -0.2) is 0 Å². The van der Waals surface area contributed by atoms with Gasteiger partial charge in [0, 0.05) is 36.1 Å². The molecule has 1 aliphatic rings. The summed E-state index contributed by atoms with van der Waals surface area (Å²) in [5.41, 5.74) is 0.610. The van der Waals surface area contributed by atoms with Gasteiger partial charge >= 0.3 is 0 Å². The van der Waals surface area contributed by atoms with E-state index in [0.717, 1.165) is 19.3 Å². The van der Waals surface area contributed by atoms with E-state index in [1.54, 1.807) is 24.3 Å². The van der Waals surface area contributed by atoms with E-state index in [1.165, 1.54) is 0 Å². The normalized spacial score (nSPS) is 19.0. The lowest BCUT2D eigenvalue weighted by Gasteiger charge is -2.20. The maximum Gasteiger partial charge on any atom is 0.253 e. The molecular weight excluding hydrogens is 288 g/mol. The number of nitrogens with one attached hydrogen (secondary N) is 1. The van der Waals surface area contributed by atoms with Gasteiger partial charge in [-0.15, -0.1) is 0 Å². The summed E-state index contributed by atoms with van der Waals surface area (Å²) in [6, 6.07) is 7.01. The number of carbonyl (C=O) groups is 2. The minimum absolute atomic E-state index is 0.00551. The second-order valence-corrected chi connectivity index (χ2v) is 5.76. The molecule has 2 rings (SSSR count). The van der Waals surface area contributed by atoms with E-state index >= 15 is 0 Å². The summed E-state index contributed by atoms with van der Waals surface area (Å²) in [5, 5.41) is 3.43. The predicted octanol–water partition coefficient (Wildman–Crippen LogP) is 2.72. The smallest absolute Gasteiger partial charge is 0.253 e. The predicted molar refractivity (Wildman–Crippen MR) is 83.4 cm³/mol. The molecule has 1 heterocycles. The molecule has 1 aromatic rings. The van der Waals surface area contributed by atoms with Crippen molar-refractivity contribution in [1.29, 1.82) is 0 Å². The quantitative estimate of drug-likeness (QED) is 0.933. The molecule has 5 heteroatoms. The van der Waals surface area contributed by atoms with E-state index in [1.807, 2.05) is 11.8 Å². The summed E-state index contributed by atoms with van der Waals surface area (Å²) < 4.78 is 0. The summed E-state index contributed by atoms with van der Waals surface area (Å²) in [4.78, 5) is 26.2. The summed E-state index contributed by atoms with van der Waals surface area (Å²) >= 11 is 5.94. The number of halogens is 1. The van der Waals surface area contributed by atoms with Crippen LogP contribution in [0.1, 0.15) is 36.5 Å². The van der Waals surface area contributed by atoms with Crippen LogP contribution in [0.5, 0.6) is 0 Å². The van der Waals surface area contributed by atoms with Gasteiger partial charge in [-0.05, 0) is 44.4 Å². The van der Waals surface area contributed by atoms with Crippen molar-refractivity contribution in [2.75, 3.05) is 19.6 Å². The van der Waals surface area contributed by atoms with E-state index in [-0.39, 0.29) is 17.7 Å². The lowest BCUT2D eigenvalue weighted by Crippen LogP contribution is -2.33. The highest BCUT2D eigenvalue weighted by Crippen LogP contribution is 2.20. The first-order valence-electron chi connectivity index (χ1n) is 7.44. The number of hydrogen-bond acceptors (Lipinski definition) is 2. The lowest BCUT2D eigenvalue weighted by molar-refractivity contribution is -0.125. The molecule has 0 spiro atoms. The average molecular weight is 309 g/mol. The Balaban J connectivity index is 1.99. The number of carbonyl (C=O) groups excluding carboxylic acids is 2. The van der Waals surface area contributed by atoms with Crippen LogP contribution in [-0.4, -0.2) is 36.3 Å². The molecule has 0 aliphatic carbocycles. The Kier molecular flexibility index (Phi) is 5.62. The second-order valence-electron chi connectivity index (χ2n) is 5.32. The van der Waals surface area contributed by atoms with Gasteiger partial charge in [-0.2, -0.15) is 0 Å².